The Morgan fingerprint density at radius 1 is 1.24 bits per heavy atom. The van der Waals surface area contributed by atoms with Crippen molar-refractivity contribution < 1.29 is 9.90 Å². The quantitative estimate of drug-likeness (QED) is 0.882. The van der Waals surface area contributed by atoms with Crippen LogP contribution in [0.1, 0.15) is 19.3 Å². The van der Waals surface area contributed by atoms with Crippen LogP contribution in [-0.2, 0) is 4.79 Å². The zero-order chi connectivity index (χ0) is 14.7. The molecule has 113 valence electrons. The molecule has 0 spiro atoms. The molecule has 2 aliphatic rings. The van der Waals surface area contributed by atoms with Crippen molar-refractivity contribution in [2.24, 2.45) is 5.92 Å². The maximum absolute atomic E-state index is 12.6. The zero-order valence-electron chi connectivity index (χ0n) is 12.3. The molecular weight excluding hydrogens is 264 g/mol. The van der Waals surface area contributed by atoms with Gasteiger partial charge in [-0.05, 0) is 31.5 Å². The Hall–Kier alpha value is -1.39. The van der Waals surface area contributed by atoms with Gasteiger partial charge in [-0.1, -0.05) is 18.2 Å². The Bertz CT molecular complexity index is 475. The molecule has 1 unspecified atom stereocenters. The van der Waals surface area contributed by atoms with Crippen molar-refractivity contribution in [1.29, 1.82) is 0 Å². The number of anilines is 1. The van der Waals surface area contributed by atoms with Gasteiger partial charge in [0.15, 0.2) is 5.78 Å². The molecule has 4 nitrogen and oxygen atoms in total. The Kier molecular flexibility index (Phi) is 4.27. The van der Waals surface area contributed by atoms with Crippen LogP contribution in [0.3, 0.4) is 0 Å². The highest BCUT2D eigenvalue weighted by molar-refractivity contribution is 5.90. The first kappa shape index (κ1) is 14.5. The molecule has 0 aliphatic carbocycles. The number of carbonyl (C=O) groups is 1. The summed E-state index contributed by atoms with van der Waals surface area (Å²) in [5.74, 6) is -0.130. The molecule has 0 bridgehead atoms. The van der Waals surface area contributed by atoms with Crippen LogP contribution >= 0.6 is 0 Å². The summed E-state index contributed by atoms with van der Waals surface area (Å²) in [7, 11) is 0. The largest absolute Gasteiger partial charge is 0.382 e. The van der Waals surface area contributed by atoms with E-state index in [9.17, 15) is 9.90 Å². The predicted octanol–water partition coefficient (Wildman–Crippen LogP) is 1.40. The molecule has 4 heteroatoms. The van der Waals surface area contributed by atoms with Crippen molar-refractivity contribution in [3.8, 4) is 0 Å². The Morgan fingerprint density at radius 2 is 1.95 bits per heavy atom. The van der Waals surface area contributed by atoms with E-state index in [1.54, 1.807) is 0 Å². The van der Waals surface area contributed by atoms with E-state index in [1.807, 2.05) is 18.2 Å². The monoisotopic (exact) mass is 287 g/mol. The van der Waals surface area contributed by atoms with E-state index in [1.165, 1.54) is 0 Å². The fourth-order valence-corrected chi connectivity index (χ4v) is 3.29. The highest BCUT2D eigenvalue weighted by Gasteiger charge is 2.42. The van der Waals surface area contributed by atoms with Gasteiger partial charge in [-0.15, -0.1) is 0 Å². The Morgan fingerprint density at radius 3 is 2.57 bits per heavy atom. The first-order valence-electron chi connectivity index (χ1n) is 7.80. The van der Waals surface area contributed by atoms with Crippen molar-refractivity contribution in [2.75, 3.05) is 31.1 Å². The summed E-state index contributed by atoms with van der Waals surface area (Å²) in [6.07, 6.45) is 4.00. The lowest BCUT2D eigenvalue weighted by atomic mass is 9.79. The van der Waals surface area contributed by atoms with Crippen LogP contribution in [-0.4, -0.2) is 42.7 Å². The number of Topliss-reactive ketones (excluding diaryl/α,β-unsaturated/α-hetero) is 1. The van der Waals surface area contributed by atoms with Crippen LogP contribution in [0.15, 0.2) is 30.3 Å². The third kappa shape index (κ3) is 3.11. The summed E-state index contributed by atoms with van der Waals surface area (Å²) in [5.41, 5.74) is 0.0174. The number of hydrogen-bond donors (Lipinski definition) is 2. The maximum atomic E-state index is 12.6. The fraction of sp³-hybridized carbons (Fsp3) is 0.529. The lowest BCUT2D eigenvalue weighted by Crippen LogP contribution is -2.53. The minimum Gasteiger partial charge on any atom is -0.382 e. The van der Waals surface area contributed by atoms with Crippen molar-refractivity contribution in [2.45, 2.75) is 24.9 Å². The summed E-state index contributed by atoms with van der Waals surface area (Å²) in [4.78, 5) is 14.8. The van der Waals surface area contributed by atoms with Crippen LogP contribution < -0.4 is 10.2 Å². The minimum absolute atomic E-state index is 0.00223. The SMILES string of the molecule is O=C(C1[CH]CCNC1)C1(O)CCN(c2ccccc2)CC1. The van der Waals surface area contributed by atoms with E-state index in [4.69, 9.17) is 0 Å². The van der Waals surface area contributed by atoms with Gasteiger partial charge < -0.3 is 15.3 Å². The van der Waals surface area contributed by atoms with E-state index in [0.29, 0.717) is 19.4 Å². The molecule has 0 amide bonds. The number of benzene rings is 1. The minimum atomic E-state index is -1.15. The predicted molar refractivity (Wildman–Crippen MR) is 83.1 cm³/mol. The summed E-state index contributed by atoms with van der Waals surface area (Å²) in [6.45, 7) is 3.06. The molecule has 1 atom stereocenters. The Labute approximate surface area is 126 Å². The number of nitrogens with zero attached hydrogens (tertiary/aromatic N) is 1. The Balaban J connectivity index is 1.62. The first-order chi connectivity index (χ1) is 10.2. The molecular formula is C17H23N2O2. The summed E-state index contributed by atoms with van der Waals surface area (Å²) in [6, 6.07) is 10.2. The van der Waals surface area contributed by atoms with Crippen LogP contribution in [0.4, 0.5) is 5.69 Å². The fourth-order valence-electron chi connectivity index (χ4n) is 3.29. The van der Waals surface area contributed by atoms with Gasteiger partial charge in [-0.2, -0.15) is 0 Å². The van der Waals surface area contributed by atoms with Gasteiger partial charge in [0, 0.05) is 44.1 Å². The first-order valence-corrected chi connectivity index (χ1v) is 7.80. The molecule has 0 aromatic heterocycles. The third-order valence-corrected chi connectivity index (χ3v) is 4.64. The number of piperidine rings is 2. The number of ketones is 1. The molecule has 21 heavy (non-hydrogen) atoms. The second-order valence-corrected chi connectivity index (χ2v) is 6.05. The molecule has 2 fully saturated rings. The number of nitrogens with one attached hydrogen (secondary N) is 1. The number of para-hydroxylation sites is 1. The molecule has 0 saturated carbocycles. The van der Waals surface area contributed by atoms with E-state index < -0.39 is 5.60 Å². The standard InChI is InChI=1S/C17H23N2O2/c20-16(14-5-4-10-18-13-14)17(21)8-11-19(12-9-17)15-6-2-1-3-7-15/h1-3,5-7,14,18,21H,4,8-13H2. The number of carbonyl (C=O) groups excluding carboxylic acids is 1. The van der Waals surface area contributed by atoms with E-state index >= 15 is 0 Å². The smallest absolute Gasteiger partial charge is 0.169 e. The van der Waals surface area contributed by atoms with Crippen LogP contribution in [0, 0.1) is 12.3 Å². The third-order valence-electron chi connectivity index (χ3n) is 4.64. The number of hydrogen-bond acceptors (Lipinski definition) is 4. The van der Waals surface area contributed by atoms with Gasteiger partial charge in [-0.3, -0.25) is 4.79 Å². The van der Waals surface area contributed by atoms with Crippen molar-refractivity contribution >= 4 is 11.5 Å². The second-order valence-electron chi connectivity index (χ2n) is 6.05. The molecule has 3 rings (SSSR count). The van der Waals surface area contributed by atoms with Crippen molar-refractivity contribution in [3.63, 3.8) is 0 Å². The number of rotatable bonds is 3. The summed E-state index contributed by atoms with van der Waals surface area (Å²) in [5, 5.41) is 14.0. The lowest BCUT2D eigenvalue weighted by Gasteiger charge is -2.40. The molecule has 1 radical (unpaired) electrons. The van der Waals surface area contributed by atoms with Crippen LogP contribution in [0.2, 0.25) is 0 Å². The summed E-state index contributed by atoms with van der Waals surface area (Å²) >= 11 is 0. The molecule has 1 aromatic rings. The molecule has 2 saturated heterocycles. The normalized spacial score (nSPS) is 25.6. The highest BCUT2D eigenvalue weighted by atomic mass is 16.3. The van der Waals surface area contributed by atoms with Gasteiger partial charge in [0.05, 0.1) is 0 Å². The zero-order valence-corrected chi connectivity index (χ0v) is 12.3. The van der Waals surface area contributed by atoms with Crippen molar-refractivity contribution in [1.82, 2.24) is 5.32 Å². The number of aliphatic hydroxyl groups is 1. The maximum Gasteiger partial charge on any atom is 0.169 e. The average molecular weight is 287 g/mol. The van der Waals surface area contributed by atoms with Crippen LogP contribution in [0.5, 0.6) is 0 Å². The average Bonchev–Trinajstić information content (AvgIpc) is 2.56. The lowest BCUT2D eigenvalue weighted by molar-refractivity contribution is -0.143. The highest BCUT2D eigenvalue weighted by Crippen LogP contribution is 2.30. The summed E-state index contributed by atoms with van der Waals surface area (Å²) < 4.78 is 0. The molecule has 1 aromatic carbocycles. The molecule has 2 heterocycles. The van der Waals surface area contributed by atoms with E-state index in [0.717, 1.165) is 31.7 Å². The topological polar surface area (TPSA) is 52.6 Å². The molecule has 2 aliphatic heterocycles. The van der Waals surface area contributed by atoms with Gasteiger partial charge >= 0.3 is 0 Å². The van der Waals surface area contributed by atoms with Gasteiger partial charge in [0.25, 0.3) is 0 Å². The van der Waals surface area contributed by atoms with Gasteiger partial charge in [-0.25, -0.2) is 0 Å². The van der Waals surface area contributed by atoms with E-state index in [2.05, 4.69) is 28.8 Å². The molecule has 2 N–H and O–H groups in total. The second kappa shape index (κ2) is 6.16. The van der Waals surface area contributed by atoms with Gasteiger partial charge in [0.2, 0.25) is 0 Å². The van der Waals surface area contributed by atoms with E-state index in [-0.39, 0.29) is 11.7 Å². The van der Waals surface area contributed by atoms with Crippen LogP contribution in [0.25, 0.3) is 0 Å². The van der Waals surface area contributed by atoms with Crippen molar-refractivity contribution in [3.05, 3.63) is 36.8 Å². The van der Waals surface area contributed by atoms with Gasteiger partial charge in [0.1, 0.15) is 5.60 Å².